The molecule has 2 rings (SSSR count). The van der Waals surface area contributed by atoms with Crippen LogP contribution < -0.4 is 15.4 Å². The molecule has 2 N–H and O–H groups in total. The molecule has 0 saturated heterocycles. The van der Waals surface area contributed by atoms with Crippen LogP contribution in [0.25, 0.3) is 0 Å². The second-order valence-electron chi connectivity index (χ2n) is 4.84. The quantitative estimate of drug-likeness (QED) is 0.811. The molecule has 98 valence electrons. The zero-order valence-corrected chi connectivity index (χ0v) is 11.3. The van der Waals surface area contributed by atoms with E-state index < -0.39 is 0 Å². The first-order valence-corrected chi connectivity index (χ1v) is 6.47. The number of hydrogen-bond donors (Lipinski definition) is 1. The molecule has 1 aromatic carbocycles. The zero-order valence-electron chi connectivity index (χ0n) is 11.3. The molecule has 1 aromatic rings. The predicted molar refractivity (Wildman–Crippen MR) is 76.3 cm³/mol. The fourth-order valence-electron chi connectivity index (χ4n) is 2.77. The smallest absolute Gasteiger partial charge is 0.124 e. The van der Waals surface area contributed by atoms with Crippen LogP contribution in [-0.2, 0) is 6.42 Å². The Morgan fingerprint density at radius 2 is 2.33 bits per heavy atom. The van der Waals surface area contributed by atoms with Crippen LogP contribution in [0.2, 0.25) is 0 Å². The number of hydrogen-bond acceptors (Lipinski definition) is 3. The number of nitrogens with two attached hydrogens (primary N) is 1. The number of fused-ring (bicyclic) bond motifs is 1. The predicted octanol–water partition coefficient (Wildman–Crippen LogP) is 2.35. The lowest BCUT2D eigenvalue weighted by atomic mass is 10.0. The second-order valence-corrected chi connectivity index (χ2v) is 4.84. The van der Waals surface area contributed by atoms with E-state index in [0.717, 1.165) is 25.1 Å². The first-order valence-electron chi connectivity index (χ1n) is 6.47. The molecular weight excluding hydrogens is 224 g/mol. The maximum Gasteiger partial charge on any atom is 0.124 e. The summed E-state index contributed by atoms with van der Waals surface area (Å²) in [6, 6.07) is 6.58. The molecule has 3 heteroatoms. The number of benzene rings is 1. The van der Waals surface area contributed by atoms with Crippen LogP contribution in [0.15, 0.2) is 30.4 Å². The highest BCUT2D eigenvalue weighted by Crippen LogP contribution is 2.37. The number of rotatable bonds is 5. The lowest BCUT2D eigenvalue weighted by Crippen LogP contribution is -2.36. The highest BCUT2D eigenvalue weighted by molar-refractivity contribution is 5.64. The van der Waals surface area contributed by atoms with E-state index in [1.54, 1.807) is 7.11 Å². The largest absolute Gasteiger partial charge is 0.496 e. The number of anilines is 1. The van der Waals surface area contributed by atoms with Crippen molar-refractivity contribution in [2.75, 3.05) is 25.1 Å². The average molecular weight is 246 g/mol. The monoisotopic (exact) mass is 246 g/mol. The third kappa shape index (κ3) is 2.23. The molecule has 0 fully saturated rings. The Balaban J connectivity index is 2.33. The van der Waals surface area contributed by atoms with Gasteiger partial charge in [0.05, 0.1) is 13.2 Å². The minimum absolute atomic E-state index is 0.336. The maximum atomic E-state index is 5.72. The van der Waals surface area contributed by atoms with E-state index in [9.17, 15) is 0 Å². The van der Waals surface area contributed by atoms with Crippen molar-refractivity contribution in [3.8, 4) is 5.75 Å². The highest BCUT2D eigenvalue weighted by Gasteiger charge is 2.27. The van der Waals surface area contributed by atoms with E-state index in [-0.39, 0.29) is 0 Å². The molecule has 3 nitrogen and oxygen atoms in total. The van der Waals surface area contributed by atoms with Gasteiger partial charge in [0.25, 0.3) is 0 Å². The van der Waals surface area contributed by atoms with Crippen molar-refractivity contribution in [3.05, 3.63) is 35.9 Å². The van der Waals surface area contributed by atoms with Gasteiger partial charge in [0, 0.05) is 17.8 Å². The molecule has 0 spiro atoms. The van der Waals surface area contributed by atoms with E-state index in [0.29, 0.717) is 12.6 Å². The molecule has 0 bridgehead atoms. The van der Waals surface area contributed by atoms with Crippen molar-refractivity contribution in [3.63, 3.8) is 0 Å². The van der Waals surface area contributed by atoms with Crippen molar-refractivity contribution < 1.29 is 4.74 Å². The molecule has 0 aliphatic carbocycles. The van der Waals surface area contributed by atoms with Gasteiger partial charge in [0.15, 0.2) is 0 Å². The van der Waals surface area contributed by atoms with E-state index >= 15 is 0 Å². The lowest BCUT2D eigenvalue weighted by molar-refractivity contribution is 0.411. The normalized spacial score (nSPS) is 15.4. The van der Waals surface area contributed by atoms with Crippen molar-refractivity contribution in [2.45, 2.75) is 25.8 Å². The Labute approximate surface area is 109 Å². The van der Waals surface area contributed by atoms with Gasteiger partial charge in [-0.25, -0.2) is 0 Å². The van der Waals surface area contributed by atoms with Crippen LogP contribution in [0, 0.1) is 0 Å². The standard InChI is InChI=1S/C15H22N2O/c1-11(2)13(7-9-16)17-10-8-12-14(17)5-4-6-15(12)18-3/h4-6,13H,1,7-10,16H2,2-3H3. The third-order valence-electron chi connectivity index (χ3n) is 3.63. The molecule has 1 atom stereocenters. The molecule has 0 amide bonds. The Morgan fingerprint density at radius 3 is 2.94 bits per heavy atom. The van der Waals surface area contributed by atoms with Crippen molar-refractivity contribution in [2.24, 2.45) is 5.73 Å². The van der Waals surface area contributed by atoms with Crippen LogP contribution in [0.1, 0.15) is 18.9 Å². The summed E-state index contributed by atoms with van der Waals surface area (Å²) in [7, 11) is 1.73. The van der Waals surface area contributed by atoms with Gasteiger partial charge in [0.2, 0.25) is 0 Å². The summed E-state index contributed by atoms with van der Waals surface area (Å²) >= 11 is 0. The Bertz CT molecular complexity index is 442. The first-order chi connectivity index (χ1) is 8.69. The molecular formula is C15H22N2O. The molecule has 1 aliphatic rings. The van der Waals surface area contributed by atoms with E-state index in [4.69, 9.17) is 10.5 Å². The summed E-state index contributed by atoms with van der Waals surface area (Å²) in [5, 5.41) is 0. The summed E-state index contributed by atoms with van der Waals surface area (Å²) < 4.78 is 5.43. The third-order valence-corrected chi connectivity index (χ3v) is 3.63. The molecule has 0 aromatic heterocycles. The van der Waals surface area contributed by atoms with Gasteiger partial charge in [0.1, 0.15) is 5.75 Å². The van der Waals surface area contributed by atoms with Crippen molar-refractivity contribution >= 4 is 5.69 Å². The highest BCUT2D eigenvalue weighted by atomic mass is 16.5. The molecule has 18 heavy (non-hydrogen) atoms. The Morgan fingerprint density at radius 1 is 1.56 bits per heavy atom. The van der Waals surface area contributed by atoms with Gasteiger partial charge in [-0.15, -0.1) is 0 Å². The average Bonchev–Trinajstić information content (AvgIpc) is 2.79. The van der Waals surface area contributed by atoms with Gasteiger partial charge < -0.3 is 15.4 Å². The fourth-order valence-corrected chi connectivity index (χ4v) is 2.77. The minimum Gasteiger partial charge on any atom is -0.496 e. The van der Waals surface area contributed by atoms with Crippen molar-refractivity contribution in [1.29, 1.82) is 0 Å². The van der Waals surface area contributed by atoms with Crippen LogP contribution in [0.5, 0.6) is 5.75 Å². The van der Waals surface area contributed by atoms with Crippen LogP contribution in [-0.4, -0.2) is 26.2 Å². The van der Waals surface area contributed by atoms with E-state index in [2.05, 4.69) is 24.5 Å². The zero-order chi connectivity index (χ0) is 13.1. The number of nitrogens with zero attached hydrogens (tertiary/aromatic N) is 1. The van der Waals surface area contributed by atoms with Crippen molar-refractivity contribution in [1.82, 2.24) is 0 Å². The molecule has 1 unspecified atom stereocenters. The summed E-state index contributed by atoms with van der Waals surface area (Å²) in [5.74, 6) is 0.989. The summed E-state index contributed by atoms with van der Waals surface area (Å²) in [4.78, 5) is 2.41. The molecule has 1 heterocycles. The topological polar surface area (TPSA) is 38.5 Å². The van der Waals surface area contributed by atoms with E-state index in [1.165, 1.54) is 16.8 Å². The first kappa shape index (κ1) is 13.0. The van der Waals surface area contributed by atoms with Gasteiger partial charge in [-0.1, -0.05) is 18.2 Å². The molecule has 1 aliphatic heterocycles. The summed E-state index contributed by atoms with van der Waals surface area (Å²) in [5.41, 5.74) is 9.48. The van der Waals surface area contributed by atoms with Gasteiger partial charge >= 0.3 is 0 Å². The number of methoxy groups -OCH3 is 1. The maximum absolute atomic E-state index is 5.72. The molecule has 0 radical (unpaired) electrons. The Kier molecular flexibility index (Phi) is 3.92. The van der Waals surface area contributed by atoms with Crippen LogP contribution in [0.3, 0.4) is 0 Å². The van der Waals surface area contributed by atoms with E-state index in [1.807, 2.05) is 12.1 Å². The number of ether oxygens (including phenoxy) is 1. The second kappa shape index (κ2) is 5.44. The summed E-state index contributed by atoms with van der Waals surface area (Å²) in [6.07, 6.45) is 1.99. The summed E-state index contributed by atoms with van der Waals surface area (Å²) in [6.45, 7) is 7.90. The molecule has 0 saturated carbocycles. The van der Waals surface area contributed by atoms with Gasteiger partial charge in [-0.3, -0.25) is 0 Å². The van der Waals surface area contributed by atoms with Crippen LogP contribution >= 0.6 is 0 Å². The fraction of sp³-hybridized carbons (Fsp3) is 0.467. The van der Waals surface area contributed by atoms with Gasteiger partial charge in [-0.2, -0.15) is 0 Å². The lowest BCUT2D eigenvalue weighted by Gasteiger charge is -2.30. The van der Waals surface area contributed by atoms with Crippen LogP contribution in [0.4, 0.5) is 5.69 Å². The Hall–Kier alpha value is -1.48. The minimum atomic E-state index is 0.336. The SMILES string of the molecule is C=C(C)C(CCN)N1CCc2c(OC)cccc21. The van der Waals surface area contributed by atoms with Gasteiger partial charge in [-0.05, 0) is 38.4 Å².